The van der Waals surface area contributed by atoms with Gasteiger partial charge in [0.05, 0.1) is 13.2 Å². The van der Waals surface area contributed by atoms with Crippen LogP contribution in [0, 0.1) is 0 Å². The Kier molecular flexibility index (Phi) is 7.23. The molecule has 0 radical (unpaired) electrons. The van der Waals surface area contributed by atoms with Crippen LogP contribution in [0.3, 0.4) is 0 Å². The average molecular weight is 315 g/mol. The summed E-state index contributed by atoms with van der Waals surface area (Å²) in [5.41, 5.74) is 2.76. The molecule has 0 saturated carbocycles. The first-order chi connectivity index (χ1) is 11.3. The Balaban J connectivity index is 1.71. The third-order valence-corrected chi connectivity index (χ3v) is 3.27. The summed E-state index contributed by atoms with van der Waals surface area (Å²) >= 11 is 0. The average Bonchev–Trinajstić information content (AvgIpc) is 2.60. The molecule has 0 N–H and O–H groups in total. The Labute approximate surface area is 136 Å². The van der Waals surface area contributed by atoms with E-state index >= 15 is 0 Å². The van der Waals surface area contributed by atoms with Gasteiger partial charge >= 0.3 is 0 Å². The Bertz CT molecular complexity index is 581. The Morgan fingerprint density at radius 1 is 1.04 bits per heavy atom. The molecule has 0 aliphatic heterocycles. The third-order valence-electron chi connectivity index (χ3n) is 3.27. The fourth-order valence-corrected chi connectivity index (χ4v) is 2.00. The number of ether oxygens (including phenoxy) is 3. The number of rotatable bonds is 10. The zero-order chi connectivity index (χ0) is 16.3. The fourth-order valence-electron chi connectivity index (χ4n) is 2.00. The van der Waals surface area contributed by atoms with E-state index in [1.54, 1.807) is 31.4 Å². The van der Waals surface area contributed by atoms with Gasteiger partial charge in [-0.2, -0.15) is 0 Å². The minimum absolute atomic E-state index is 0.316. The van der Waals surface area contributed by atoms with Gasteiger partial charge in [0, 0.05) is 31.0 Å². The van der Waals surface area contributed by atoms with Crippen LogP contribution in [0.1, 0.15) is 21.6 Å². The summed E-state index contributed by atoms with van der Waals surface area (Å²) in [4.78, 5) is 15.0. The van der Waals surface area contributed by atoms with Crippen LogP contribution >= 0.6 is 0 Å². The number of pyridine rings is 1. The smallest absolute Gasteiger partial charge is 0.150 e. The molecule has 2 aromatic rings. The molecule has 23 heavy (non-hydrogen) atoms. The van der Waals surface area contributed by atoms with Crippen LogP contribution in [0.2, 0.25) is 0 Å². The molecule has 0 unspecified atom stereocenters. The third kappa shape index (κ3) is 6.18. The molecule has 0 fully saturated rings. The highest BCUT2D eigenvalue weighted by Gasteiger charge is 1.99. The number of carbonyl (C=O) groups excluding carboxylic acids is 1. The van der Waals surface area contributed by atoms with Gasteiger partial charge in [-0.1, -0.05) is 6.07 Å². The molecule has 0 aliphatic rings. The van der Waals surface area contributed by atoms with Crippen molar-refractivity contribution in [1.29, 1.82) is 0 Å². The summed E-state index contributed by atoms with van der Waals surface area (Å²) in [6.45, 7) is 1.48. The van der Waals surface area contributed by atoms with E-state index in [1.165, 1.54) is 0 Å². The maximum absolute atomic E-state index is 10.6. The van der Waals surface area contributed by atoms with Crippen molar-refractivity contribution in [3.63, 3.8) is 0 Å². The summed E-state index contributed by atoms with van der Waals surface area (Å²) in [5, 5.41) is 0. The molecule has 122 valence electrons. The van der Waals surface area contributed by atoms with Gasteiger partial charge in [0.2, 0.25) is 0 Å². The molecule has 5 nitrogen and oxygen atoms in total. The normalized spacial score (nSPS) is 10.5. The van der Waals surface area contributed by atoms with Gasteiger partial charge in [0.1, 0.15) is 18.8 Å². The van der Waals surface area contributed by atoms with Crippen molar-refractivity contribution in [2.75, 3.05) is 27.1 Å². The van der Waals surface area contributed by atoms with Crippen molar-refractivity contribution >= 4 is 6.29 Å². The zero-order valence-electron chi connectivity index (χ0n) is 13.2. The van der Waals surface area contributed by atoms with Crippen LogP contribution in [0.25, 0.3) is 0 Å². The molecular weight excluding hydrogens is 294 g/mol. The number of hydrogen-bond acceptors (Lipinski definition) is 5. The quantitative estimate of drug-likeness (QED) is 0.383. The molecule has 0 bridgehead atoms. The van der Waals surface area contributed by atoms with Crippen molar-refractivity contribution < 1.29 is 19.0 Å². The minimum atomic E-state index is 0.316. The highest BCUT2D eigenvalue weighted by molar-refractivity contribution is 5.74. The first-order valence-electron chi connectivity index (χ1n) is 7.50. The molecular formula is C18H21NO4. The lowest BCUT2D eigenvalue weighted by molar-refractivity contribution is -0.0291. The summed E-state index contributed by atoms with van der Waals surface area (Å²) < 4.78 is 15.7. The lowest BCUT2D eigenvalue weighted by Crippen LogP contribution is -2.04. The first kappa shape index (κ1) is 17.1. The van der Waals surface area contributed by atoms with Crippen LogP contribution in [0.15, 0.2) is 42.6 Å². The van der Waals surface area contributed by atoms with E-state index < -0.39 is 0 Å². The predicted octanol–water partition coefficient (Wildman–Crippen LogP) is 2.68. The predicted molar refractivity (Wildman–Crippen MR) is 86.8 cm³/mol. The Morgan fingerprint density at radius 3 is 2.52 bits per heavy atom. The molecule has 1 heterocycles. The van der Waals surface area contributed by atoms with Crippen molar-refractivity contribution in [1.82, 2.24) is 4.98 Å². The standard InChI is InChI=1S/C18H21NO4/c1-21-14-22-10-8-15-2-5-17(19-12-15)9-11-23-18-6-3-16(13-20)4-7-18/h2-7,12-13H,8-11,14H2,1H3. The minimum Gasteiger partial charge on any atom is -0.493 e. The molecule has 0 aliphatic carbocycles. The van der Waals surface area contributed by atoms with Gasteiger partial charge in [-0.25, -0.2) is 0 Å². The Hall–Kier alpha value is -2.24. The van der Waals surface area contributed by atoms with E-state index in [-0.39, 0.29) is 0 Å². The summed E-state index contributed by atoms with van der Waals surface area (Å²) in [6.07, 6.45) is 4.23. The number of aldehydes is 1. The van der Waals surface area contributed by atoms with E-state index in [2.05, 4.69) is 11.1 Å². The summed E-state index contributed by atoms with van der Waals surface area (Å²) in [7, 11) is 1.61. The molecule has 0 atom stereocenters. The lowest BCUT2D eigenvalue weighted by atomic mass is 10.2. The molecule has 5 heteroatoms. The largest absolute Gasteiger partial charge is 0.493 e. The first-order valence-corrected chi connectivity index (χ1v) is 7.50. The van der Waals surface area contributed by atoms with Crippen LogP contribution in [-0.4, -0.2) is 38.4 Å². The molecule has 1 aromatic carbocycles. The molecule has 1 aromatic heterocycles. The SMILES string of the molecule is COCOCCc1ccc(CCOc2ccc(C=O)cc2)nc1. The van der Waals surface area contributed by atoms with Crippen LogP contribution in [0.5, 0.6) is 5.75 Å². The molecule has 0 amide bonds. The van der Waals surface area contributed by atoms with Gasteiger partial charge in [0.15, 0.2) is 0 Å². The number of nitrogens with zero attached hydrogens (tertiary/aromatic N) is 1. The second kappa shape index (κ2) is 9.71. The van der Waals surface area contributed by atoms with Crippen molar-refractivity contribution in [2.24, 2.45) is 0 Å². The van der Waals surface area contributed by atoms with Gasteiger partial charge in [-0.05, 0) is 42.3 Å². The highest BCUT2D eigenvalue weighted by atomic mass is 16.7. The lowest BCUT2D eigenvalue weighted by Gasteiger charge is -2.07. The maximum atomic E-state index is 10.6. The topological polar surface area (TPSA) is 57.7 Å². The number of aromatic nitrogens is 1. The van der Waals surface area contributed by atoms with Gasteiger partial charge in [0.25, 0.3) is 0 Å². The molecule has 2 rings (SSSR count). The fraction of sp³-hybridized carbons (Fsp3) is 0.333. The summed E-state index contributed by atoms with van der Waals surface area (Å²) in [6, 6.07) is 11.1. The van der Waals surface area contributed by atoms with Crippen LogP contribution in [-0.2, 0) is 22.3 Å². The van der Waals surface area contributed by atoms with E-state index in [1.807, 2.05) is 12.3 Å². The van der Waals surface area contributed by atoms with Crippen molar-refractivity contribution in [2.45, 2.75) is 12.8 Å². The van der Waals surface area contributed by atoms with E-state index in [0.29, 0.717) is 25.6 Å². The number of methoxy groups -OCH3 is 1. The van der Waals surface area contributed by atoms with Gasteiger partial charge < -0.3 is 14.2 Å². The van der Waals surface area contributed by atoms with Crippen LogP contribution in [0.4, 0.5) is 0 Å². The van der Waals surface area contributed by atoms with Crippen molar-refractivity contribution in [3.05, 3.63) is 59.4 Å². The highest BCUT2D eigenvalue weighted by Crippen LogP contribution is 2.11. The number of benzene rings is 1. The molecule has 0 saturated heterocycles. The number of hydrogen-bond donors (Lipinski definition) is 0. The second-order valence-electron chi connectivity index (χ2n) is 5.01. The van der Waals surface area contributed by atoms with E-state index in [9.17, 15) is 4.79 Å². The van der Waals surface area contributed by atoms with Gasteiger partial charge in [-0.15, -0.1) is 0 Å². The number of carbonyl (C=O) groups is 1. The maximum Gasteiger partial charge on any atom is 0.150 e. The summed E-state index contributed by atoms with van der Waals surface area (Å²) in [5.74, 6) is 0.752. The second-order valence-corrected chi connectivity index (χ2v) is 5.01. The molecule has 0 spiro atoms. The van der Waals surface area contributed by atoms with Crippen molar-refractivity contribution in [3.8, 4) is 5.75 Å². The monoisotopic (exact) mass is 315 g/mol. The van der Waals surface area contributed by atoms with Gasteiger partial charge in [-0.3, -0.25) is 9.78 Å². The van der Waals surface area contributed by atoms with E-state index in [4.69, 9.17) is 14.2 Å². The van der Waals surface area contributed by atoms with Crippen LogP contribution < -0.4 is 4.74 Å². The van der Waals surface area contributed by atoms with E-state index in [0.717, 1.165) is 36.1 Å². The Morgan fingerprint density at radius 2 is 1.87 bits per heavy atom. The zero-order valence-corrected chi connectivity index (χ0v) is 13.2.